The molecule has 0 aliphatic heterocycles. The third kappa shape index (κ3) is 3.35. The van der Waals surface area contributed by atoms with Crippen molar-refractivity contribution < 1.29 is 9.59 Å². The van der Waals surface area contributed by atoms with Crippen molar-refractivity contribution in [3.05, 3.63) is 47.3 Å². The van der Waals surface area contributed by atoms with Crippen LogP contribution in [0, 0.1) is 19.8 Å². The molecule has 0 bridgehead atoms. The minimum Gasteiger partial charge on any atom is -0.349 e. The Hall–Kier alpha value is -2.56. The number of rotatable bonds is 5. The lowest BCUT2D eigenvalue weighted by Crippen LogP contribution is -2.14. The summed E-state index contributed by atoms with van der Waals surface area (Å²) in [5.74, 6) is 0.148. The van der Waals surface area contributed by atoms with Gasteiger partial charge < -0.3 is 15.2 Å². The lowest BCUT2D eigenvalue weighted by atomic mass is 10.2. The maximum absolute atomic E-state index is 12.5. The van der Waals surface area contributed by atoms with Crippen molar-refractivity contribution in [2.45, 2.75) is 40.2 Å². The van der Waals surface area contributed by atoms with Gasteiger partial charge >= 0.3 is 0 Å². The molecule has 1 aliphatic rings. The van der Waals surface area contributed by atoms with Gasteiger partial charge in [0.15, 0.2) is 0 Å². The average Bonchev–Trinajstić information content (AvgIpc) is 3.35. The molecule has 0 spiro atoms. The van der Waals surface area contributed by atoms with Crippen LogP contribution in [0.15, 0.2) is 30.3 Å². The second-order valence-electron chi connectivity index (χ2n) is 6.32. The Labute approximate surface area is 142 Å². The van der Waals surface area contributed by atoms with Gasteiger partial charge in [0, 0.05) is 35.2 Å². The molecule has 3 rings (SSSR count). The molecule has 5 nitrogen and oxygen atoms in total. The van der Waals surface area contributed by atoms with E-state index in [1.54, 1.807) is 12.1 Å². The Morgan fingerprint density at radius 3 is 2.17 bits per heavy atom. The molecule has 24 heavy (non-hydrogen) atoms. The highest BCUT2D eigenvalue weighted by Gasteiger charge is 2.29. The van der Waals surface area contributed by atoms with Crippen molar-refractivity contribution in [3.63, 3.8) is 0 Å². The fourth-order valence-corrected chi connectivity index (χ4v) is 2.94. The summed E-state index contributed by atoms with van der Waals surface area (Å²) in [7, 11) is 0. The van der Waals surface area contributed by atoms with Gasteiger partial charge in [-0.25, -0.2) is 0 Å². The summed E-state index contributed by atoms with van der Waals surface area (Å²) in [4.78, 5) is 24.2. The molecule has 0 radical (unpaired) electrons. The average molecular weight is 325 g/mol. The molecular weight excluding hydrogens is 302 g/mol. The Morgan fingerprint density at radius 1 is 1.08 bits per heavy atom. The van der Waals surface area contributed by atoms with Gasteiger partial charge in [-0.15, -0.1) is 0 Å². The van der Waals surface area contributed by atoms with E-state index in [1.165, 1.54) is 0 Å². The molecule has 2 aromatic rings. The van der Waals surface area contributed by atoms with Crippen molar-refractivity contribution in [3.8, 4) is 0 Å². The molecule has 1 saturated carbocycles. The molecule has 2 N–H and O–H groups in total. The number of benzene rings is 1. The van der Waals surface area contributed by atoms with E-state index in [-0.39, 0.29) is 17.7 Å². The number of aromatic nitrogens is 1. The minimum atomic E-state index is -0.113. The van der Waals surface area contributed by atoms with Gasteiger partial charge in [0.25, 0.3) is 5.91 Å². The van der Waals surface area contributed by atoms with Crippen molar-refractivity contribution >= 4 is 23.2 Å². The molecule has 1 aromatic carbocycles. The van der Waals surface area contributed by atoms with Gasteiger partial charge in [0.05, 0.1) is 5.56 Å². The quantitative estimate of drug-likeness (QED) is 0.880. The first-order valence-corrected chi connectivity index (χ1v) is 8.38. The molecule has 1 aromatic heterocycles. The summed E-state index contributed by atoms with van der Waals surface area (Å²) >= 11 is 0. The van der Waals surface area contributed by atoms with E-state index in [9.17, 15) is 9.59 Å². The third-order valence-electron chi connectivity index (χ3n) is 4.49. The Kier molecular flexibility index (Phi) is 4.42. The highest BCUT2D eigenvalue weighted by Crippen LogP contribution is 2.30. The molecule has 0 atom stereocenters. The van der Waals surface area contributed by atoms with Crippen LogP contribution in [0.5, 0.6) is 0 Å². The molecule has 1 heterocycles. The van der Waals surface area contributed by atoms with Crippen molar-refractivity contribution in [1.29, 1.82) is 0 Å². The lowest BCUT2D eigenvalue weighted by molar-refractivity contribution is -0.117. The van der Waals surface area contributed by atoms with Crippen molar-refractivity contribution in [2.24, 2.45) is 5.92 Å². The zero-order valence-electron chi connectivity index (χ0n) is 14.3. The SMILES string of the molecule is CCn1c(C)cc(C(=O)Nc2ccc(NC(=O)C3CC3)cc2)c1C. The second kappa shape index (κ2) is 6.51. The number of carbonyl (C=O) groups excluding carboxylic acids is 2. The van der Waals surface area contributed by atoms with Gasteiger partial charge in [-0.05, 0) is 63.9 Å². The van der Waals surface area contributed by atoms with Crippen LogP contribution in [0.1, 0.15) is 41.5 Å². The third-order valence-corrected chi connectivity index (χ3v) is 4.49. The fraction of sp³-hybridized carbons (Fsp3) is 0.368. The highest BCUT2D eigenvalue weighted by atomic mass is 16.2. The maximum Gasteiger partial charge on any atom is 0.257 e. The molecule has 1 fully saturated rings. The number of nitrogens with one attached hydrogen (secondary N) is 2. The molecule has 126 valence electrons. The van der Waals surface area contributed by atoms with Gasteiger partial charge in [-0.1, -0.05) is 0 Å². The zero-order chi connectivity index (χ0) is 17.3. The van der Waals surface area contributed by atoms with Crippen LogP contribution < -0.4 is 10.6 Å². The Morgan fingerprint density at radius 2 is 1.67 bits per heavy atom. The van der Waals surface area contributed by atoms with E-state index in [0.717, 1.165) is 36.5 Å². The predicted octanol–water partition coefficient (Wildman–Crippen LogP) is 3.73. The van der Waals surface area contributed by atoms with Crippen LogP contribution in [0.4, 0.5) is 11.4 Å². The second-order valence-corrected chi connectivity index (χ2v) is 6.32. The summed E-state index contributed by atoms with van der Waals surface area (Å²) in [6, 6.07) is 9.15. The van der Waals surface area contributed by atoms with E-state index in [1.807, 2.05) is 32.0 Å². The number of carbonyl (C=O) groups is 2. The van der Waals surface area contributed by atoms with Gasteiger partial charge in [-0.3, -0.25) is 9.59 Å². The molecular formula is C19H23N3O2. The van der Waals surface area contributed by atoms with Crippen LogP contribution >= 0.6 is 0 Å². The van der Waals surface area contributed by atoms with Crippen molar-refractivity contribution in [2.75, 3.05) is 10.6 Å². The van der Waals surface area contributed by atoms with Crippen LogP contribution in [0.25, 0.3) is 0 Å². The first kappa shape index (κ1) is 16.3. The van der Waals surface area contributed by atoms with Crippen LogP contribution in [0.2, 0.25) is 0 Å². The smallest absolute Gasteiger partial charge is 0.257 e. The van der Waals surface area contributed by atoms with Gasteiger partial charge in [-0.2, -0.15) is 0 Å². The zero-order valence-corrected chi connectivity index (χ0v) is 14.3. The molecule has 1 aliphatic carbocycles. The highest BCUT2D eigenvalue weighted by molar-refractivity contribution is 6.05. The Bertz CT molecular complexity index is 771. The van der Waals surface area contributed by atoms with E-state index in [4.69, 9.17) is 0 Å². The van der Waals surface area contributed by atoms with Crippen LogP contribution in [0.3, 0.4) is 0 Å². The first-order valence-electron chi connectivity index (χ1n) is 8.38. The van der Waals surface area contributed by atoms with E-state index in [0.29, 0.717) is 11.3 Å². The van der Waals surface area contributed by atoms with E-state index in [2.05, 4.69) is 22.1 Å². The summed E-state index contributed by atoms with van der Waals surface area (Å²) < 4.78 is 2.12. The summed E-state index contributed by atoms with van der Waals surface area (Å²) in [5.41, 5.74) is 4.22. The topological polar surface area (TPSA) is 63.1 Å². The first-order chi connectivity index (χ1) is 11.5. The van der Waals surface area contributed by atoms with Gasteiger partial charge in [0.1, 0.15) is 0 Å². The number of aryl methyl sites for hydroxylation is 1. The summed E-state index contributed by atoms with van der Waals surface area (Å²) in [6.07, 6.45) is 1.96. The number of amides is 2. The standard InChI is InChI=1S/C19H23N3O2/c1-4-22-12(2)11-17(13(22)3)19(24)21-16-9-7-15(8-10-16)20-18(23)14-5-6-14/h7-11,14H,4-6H2,1-3H3,(H,20,23)(H,21,24). The fourth-order valence-electron chi connectivity index (χ4n) is 2.94. The molecule has 2 amide bonds. The number of nitrogens with zero attached hydrogens (tertiary/aromatic N) is 1. The Balaban J connectivity index is 1.67. The van der Waals surface area contributed by atoms with E-state index < -0.39 is 0 Å². The largest absolute Gasteiger partial charge is 0.349 e. The van der Waals surface area contributed by atoms with E-state index >= 15 is 0 Å². The van der Waals surface area contributed by atoms with Crippen LogP contribution in [-0.4, -0.2) is 16.4 Å². The summed E-state index contributed by atoms with van der Waals surface area (Å²) in [5, 5.41) is 5.80. The monoisotopic (exact) mass is 325 g/mol. The number of hydrogen-bond acceptors (Lipinski definition) is 2. The molecule has 0 saturated heterocycles. The van der Waals surface area contributed by atoms with Crippen molar-refractivity contribution in [1.82, 2.24) is 4.57 Å². The normalized spacial score (nSPS) is 13.6. The molecule has 5 heteroatoms. The maximum atomic E-state index is 12.5. The lowest BCUT2D eigenvalue weighted by Gasteiger charge is -2.08. The number of anilines is 2. The van der Waals surface area contributed by atoms with Crippen LogP contribution in [-0.2, 0) is 11.3 Å². The molecule has 0 unspecified atom stereocenters. The number of hydrogen-bond donors (Lipinski definition) is 2. The minimum absolute atomic E-state index is 0.0822. The predicted molar refractivity (Wildman–Crippen MR) is 95.3 cm³/mol. The summed E-state index contributed by atoms with van der Waals surface area (Å²) in [6.45, 7) is 6.88. The van der Waals surface area contributed by atoms with Gasteiger partial charge in [0.2, 0.25) is 5.91 Å².